The van der Waals surface area contributed by atoms with Crippen LogP contribution in [0.25, 0.3) is 0 Å². The second-order valence-corrected chi connectivity index (χ2v) is 5.85. The third kappa shape index (κ3) is 2.52. The highest BCUT2D eigenvalue weighted by atomic mass is 16.6. The van der Waals surface area contributed by atoms with Gasteiger partial charge >= 0.3 is 5.69 Å². The van der Waals surface area contributed by atoms with Gasteiger partial charge in [0.15, 0.2) is 0 Å². The van der Waals surface area contributed by atoms with Gasteiger partial charge in [-0.15, -0.1) is 0 Å². The van der Waals surface area contributed by atoms with Crippen LogP contribution in [0.5, 0.6) is 0 Å². The molecule has 0 radical (unpaired) electrons. The Morgan fingerprint density at radius 3 is 2.81 bits per heavy atom. The molecule has 1 N–H and O–H groups in total. The van der Waals surface area contributed by atoms with Crippen molar-refractivity contribution in [2.75, 3.05) is 23.8 Å². The molecule has 2 atom stereocenters. The number of fused-ring (bicyclic) bond motifs is 1. The van der Waals surface area contributed by atoms with Crippen LogP contribution in [0.4, 0.5) is 17.3 Å². The molecule has 1 aromatic rings. The maximum absolute atomic E-state index is 11.5. The lowest BCUT2D eigenvalue weighted by molar-refractivity contribution is -0.383. The van der Waals surface area contributed by atoms with Crippen LogP contribution in [0, 0.1) is 16.0 Å². The van der Waals surface area contributed by atoms with Crippen molar-refractivity contribution >= 4 is 17.3 Å². The largest absolute Gasteiger partial charge is 0.367 e. The number of nitrogens with one attached hydrogen (secondary N) is 1. The molecule has 0 aromatic carbocycles. The fourth-order valence-corrected chi connectivity index (χ4v) is 3.82. The highest BCUT2D eigenvalue weighted by Crippen LogP contribution is 2.41. The third-order valence-electron chi connectivity index (χ3n) is 4.74. The number of nitrogens with zero attached hydrogens (tertiary/aromatic N) is 4. The Kier molecular flexibility index (Phi) is 3.90. The van der Waals surface area contributed by atoms with Crippen LogP contribution in [0.3, 0.4) is 0 Å². The molecule has 7 heteroatoms. The second kappa shape index (κ2) is 5.83. The van der Waals surface area contributed by atoms with Gasteiger partial charge in [0, 0.05) is 19.6 Å². The van der Waals surface area contributed by atoms with Gasteiger partial charge in [0.05, 0.1) is 4.92 Å². The predicted molar refractivity (Wildman–Crippen MR) is 80.6 cm³/mol. The third-order valence-corrected chi connectivity index (χ3v) is 4.74. The van der Waals surface area contributed by atoms with Crippen molar-refractivity contribution in [1.82, 2.24) is 9.97 Å². The van der Waals surface area contributed by atoms with Gasteiger partial charge in [-0.3, -0.25) is 10.1 Å². The summed E-state index contributed by atoms with van der Waals surface area (Å²) in [5, 5.41) is 14.3. The Morgan fingerprint density at radius 2 is 2.05 bits per heavy atom. The number of rotatable bonds is 3. The quantitative estimate of drug-likeness (QED) is 0.680. The van der Waals surface area contributed by atoms with Crippen LogP contribution in [-0.4, -0.2) is 34.5 Å². The van der Waals surface area contributed by atoms with Gasteiger partial charge in [0.2, 0.25) is 11.6 Å². The molecule has 0 amide bonds. The SMILES string of the molecule is CNc1ncnc(N2CCC[C@H]3CCCC[C@H]32)c1[N+](=O)[O-]. The average Bonchev–Trinajstić information content (AvgIpc) is 2.53. The van der Waals surface area contributed by atoms with E-state index in [2.05, 4.69) is 20.2 Å². The first-order valence-corrected chi connectivity index (χ1v) is 7.66. The fourth-order valence-electron chi connectivity index (χ4n) is 3.82. The van der Waals surface area contributed by atoms with Crippen LogP contribution in [0.1, 0.15) is 38.5 Å². The van der Waals surface area contributed by atoms with Crippen molar-refractivity contribution in [3.63, 3.8) is 0 Å². The number of aromatic nitrogens is 2. The Hall–Kier alpha value is -1.92. The van der Waals surface area contributed by atoms with E-state index < -0.39 is 0 Å². The highest BCUT2D eigenvalue weighted by Gasteiger charge is 2.37. The molecule has 7 nitrogen and oxygen atoms in total. The normalized spacial score (nSPS) is 25.3. The highest BCUT2D eigenvalue weighted by molar-refractivity contribution is 5.70. The lowest BCUT2D eigenvalue weighted by Crippen LogP contribution is -2.47. The van der Waals surface area contributed by atoms with Crippen molar-refractivity contribution in [3.8, 4) is 0 Å². The molecule has 2 aliphatic rings. The molecule has 0 bridgehead atoms. The summed E-state index contributed by atoms with van der Waals surface area (Å²) in [5.74, 6) is 1.43. The molecule has 1 saturated heterocycles. The van der Waals surface area contributed by atoms with Crippen LogP contribution in [0.15, 0.2) is 6.33 Å². The molecular weight excluding hydrogens is 270 g/mol. The van der Waals surface area contributed by atoms with Gasteiger partial charge < -0.3 is 10.2 Å². The maximum atomic E-state index is 11.5. The molecule has 3 rings (SSSR count). The van der Waals surface area contributed by atoms with Crippen LogP contribution >= 0.6 is 0 Å². The monoisotopic (exact) mass is 291 g/mol. The minimum Gasteiger partial charge on any atom is -0.367 e. The van der Waals surface area contributed by atoms with Gasteiger partial charge in [-0.05, 0) is 31.6 Å². The number of hydrogen-bond donors (Lipinski definition) is 1. The first-order valence-electron chi connectivity index (χ1n) is 7.66. The predicted octanol–water partition coefficient (Wildman–Crippen LogP) is 2.59. The van der Waals surface area contributed by atoms with Crippen molar-refractivity contribution in [3.05, 3.63) is 16.4 Å². The first-order chi connectivity index (χ1) is 10.2. The van der Waals surface area contributed by atoms with E-state index in [4.69, 9.17) is 0 Å². The number of anilines is 2. The molecule has 21 heavy (non-hydrogen) atoms. The summed E-state index contributed by atoms with van der Waals surface area (Å²) in [5.41, 5.74) is 0.00576. The van der Waals surface area contributed by atoms with E-state index in [0.29, 0.717) is 23.6 Å². The van der Waals surface area contributed by atoms with E-state index in [1.165, 1.54) is 32.0 Å². The van der Waals surface area contributed by atoms with E-state index in [-0.39, 0.29) is 10.6 Å². The zero-order valence-electron chi connectivity index (χ0n) is 12.3. The van der Waals surface area contributed by atoms with Gasteiger partial charge in [0.1, 0.15) is 6.33 Å². The minimum atomic E-state index is -0.367. The van der Waals surface area contributed by atoms with Crippen molar-refractivity contribution in [1.29, 1.82) is 0 Å². The topological polar surface area (TPSA) is 84.2 Å². The Balaban J connectivity index is 2.00. The molecular formula is C14H21N5O2. The van der Waals surface area contributed by atoms with Crippen molar-refractivity contribution < 1.29 is 4.92 Å². The maximum Gasteiger partial charge on any atom is 0.353 e. The molecule has 2 fully saturated rings. The Morgan fingerprint density at radius 1 is 1.29 bits per heavy atom. The molecule has 1 aliphatic heterocycles. The molecule has 1 aromatic heterocycles. The van der Waals surface area contributed by atoms with E-state index in [0.717, 1.165) is 19.4 Å². The summed E-state index contributed by atoms with van der Waals surface area (Å²) in [7, 11) is 1.65. The lowest BCUT2D eigenvalue weighted by Gasteiger charge is -2.44. The van der Waals surface area contributed by atoms with E-state index in [1.54, 1.807) is 7.05 Å². The molecule has 1 saturated carbocycles. The molecule has 114 valence electrons. The number of nitro groups is 1. The fraction of sp³-hybridized carbons (Fsp3) is 0.714. The van der Waals surface area contributed by atoms with Crippen LogP contribution in [0.2, 0.25) is 0 Å². The summed E-state index contributed by atoms with van der Waals surface area (Å²) in [6.45, 7) is 0.849. The summed E-state index contributed by atoms with van der Waals surface area (Å²) >= 11 is 0. The standard InChI is InChI=1S/C14H21N5O2/c1-15-13-12(19(20)21)14(17-9-16-13)18-8-4-6-10-5-2-3-7-11(10)18/h9-11H,2-8H2,1H3,(H,15,16,17)/t10-,11-/m1/s1. The summed E-state index contributed by atoms with van der Waals surface area (Å²) in [4.78, 5) is 21.5. The molecule has 2 heterocycles. The molecule has 1 aliphatic carbocycles. The van der Waals surface area contributed by atoms with Gasteiger partial charge in [-0.2, -0.15) is 0 Å². The van der Waals surface area contributed by atoms with E-state index in [9.17, 15) is 10.1 Å². The summed E-state index contributed by atoms with van der Waals surface area (Å²) in [6.07, 6.45) is 8.56. The zero-order chi connectivity index (χ0) is 14.8. The molecule has 0 spiro atoms. The Bertz CT molecular complexity index is 534. The van der Waals surface area contributed by atoms with Crippen LogP contribution < -0.4 is 10.2 Å². The smallest absolute Gasteiger partial charge is 0.353 e. The minimum absolute atomic E-state index is 0.00576. The number of piperidine rings is 1. The van der Waals surface area contributed by atoms with E-state index >= 15 is 0 Å². The second-order valence-electron chi connectivity index (χ2n) is 5.85. The van der Waals surface area contributed by atoms with Gasteiger partial charge in [-0.1, -0.05) is 12.8 Å². The van der Waals surface area contributed by atoms with Gasteiger partial charge in [-0.25, -0.2) is 9.97 Å². The zero-order valence-corrected chi connectivity index (χ0v) is 12.3. The van der Waals surface area contributed by atoms with Crippen molar-refractivity contribution in [2.24, 2.45) is 5.92 Å². The summed E-state index contributed by atoms with van der Waals surface area (Å²) in [6, 6.07) is 0.394. The van der Waals surface area contributed by atoms with Crippen molar-refractivity contribution in [2.45, 2.75) is 44.6 Å². The van der Waals surface area contributed by atoms with Gasteiger partial charge in [0.25, 0.3) is 0 Å². The van der Waals surface area contributed by atoms with Crippen LogP contribution in [-0.2, 0) is 0 Å². The van der Waals surface area contributed by atoms with E-state index in [1.807, 2.05) is 0 Å². The molecule has 0 unspecified atom stereocenters. The lowest BCUT2D eigenvalue weighted by atomic mass is 9.78. The number of hydrogen-bond acceptors (Lipinski definition) is 6. The Labute approximate surface area is 123 Å². The average molecular weight is 291 g/mol. The first kappa shape index (κ1) is 14.0. The summed E-state index contributed by atoms with van der Waals surface area (Å²) < 4.78 is 0.